The van der Waals surface area contributed by atoms with Crippen LogP contribution in [0.3, 0.4) is 0 Å². The molecule has 82 valence electrons. The fourth-order valence-electron chi connectivity index (χ4n) is 2.09. The van der Waals surface area contributed by atoms with Crippen molar-refractivity contribution in [2.45, 2.75) is 38.4 Å². The van der Waals surface area contributed by atoms with Gasteiger partial charge in [0.1, 0.15) is 6.10 Å². The largest absolute Gasteiger partial charge is 0.390 e. The molecule has 2 heteroatoms. The average molecular weight is 206 g/mol. The molecule has 15 heavy (non-hydrogen) atoms. The van der Waals surface area contributed by atoms with E-state index in [1.54, 1.807) is 0 Å². The lowest BCUT2D eigenvalue weighted by Gasteiger charge is -2.16. The summed E-state index contributed by atoms with van der Waals surface area (Å²) in [6, 6.07) is 8.15. The van der Waals surface area contributed by atoms with Crippen LogP contribution in [0, 0.1) is 0 Å². The summed E-state index contributed by atoms with van der Waals surface area (Å²) < 4.78 is 5.73. The highest BCUT2D eigenvalue weighted by molar-refractivity contribution is 5.35. The summed E-state index contributed by atoms with van der Waals surface area (Å²) in [7, 11) is 0. The highest BCUT2D eigenvalue weighted by Crippen LogP contribution is 2.34. The van der Waals surface area contributed by atoms with Gasteiger partial charge in [-0.1, -0.05) is 37.6 Å². The Morgan fingerprint density at radius 1 is 1.40 bits per heavy atom. The number of aliphatic hydroxyl groups is 1. The smallest absolute Gasteiger partial charge is 0.109 e. The summed E-state index contributed by atoms with van der Waals surface area (Å²) in [5, 5.41) is 9.88. The van der Waals surface area contributed by atoms with Crippen molar-refractivity contribution in [3.63, 3.8) is 0 Å². The van der Waals surface area contributed by atoms with Crippen LogP contribution in [0.25, 0.3) is 0 Å². The first-order valence-corrected chi connectivity index (χ1v) is 5.70. The number of hydrogen-bond donors (Lipinski definition) is 1. The lowest BCUT2D eigenvalue weighted by molar-refractivity contribution is -0.0293. The van der Waals surface area contributed by atoms with Crippen molar-refractivity contribution in [2.24, 2.45) is 0 Å². The number of unbranched alkanes of at least 4 members (excludes halogenated alkanes) is 1. The van der Waals surface area contributed by atoms with Gasteiger partial charge >= 0.3 is 0 Å². The van der Waals surface area contributed by atoms with E-state index >= 15 is 0 Å². The first-order valence-electron chi connectivity index (χ1n) is 5.70. The molecular formula is C13H18O2. The molecule has 1 N–H and O–H groups in total. The molecule has 0 bridgehead atoms. The minimum absolute atomic E-state index is 0.104. The Labute approximate surface area is 90.9 Å². The Morgan fingerprint density at radius 2 is 2.20 bits per heavy atom. The van der Waals surface area contributed by atoms with Crippen LogP contribution in [0.1, 0.15) is 37.0 Å². The molecule has 0 amide bonds. The van der Waals surface area contributed by atoms with E-state index in [1.165, 1.54) is 11.1 Å². The van der Waals surface area contributed by atoms with Crippen molar-refractivity contribution >= 4 is 0 Å². The lowest BCUT2D eigenvalue weighted by atomic mass is 10.1. The molecule has 0 saturated carbocycles. The molecule has 0 aromatic heterocycles. The summed E-state index contributed by atoms with van der Waals surface area (Å²) in [5.41, 5.74) is 2.40. The van der Waals surface area contributed by atoms with E-state index in [9.17, 15) is 5.11 Å². The monoisotopic (exact) mass is 206 g/mol. The van der Waals surface area contributed by atoms with Crippen molar-refractivity contribution in [3.05, 3.63) is 35.4 Å². The van der Waals surface area contributed by atoms with E-state index < -0.39 is 0 Å². The Kier molecular flexibility index (Phi) is 3.39. The molecule has 2 rings (SSSR count). The van der Waals surface area contributed by atoms with E-state index in [2.05, 4.69) is 19.1 Å². The Balaban J connectivity index is 2.05. The number of benzene rings is 1. The number of hydrogen-bond acceptors (Lipinski definition) is 2. The van der Waals surface area contributed by atoms with Crippen LogP contribution < -0.4 is 0 Å². The second kappa shape index (κ2) is 4.77. The quantitative estimate of drug-likeness (QED) is 0.767. The third-order valence-corrected chi connectivity index (χ3v) is 2.94. The van der Waals surface area contributed by atoms with Crippen molar-refractivity contribution in [3.8, 4) is 0 Å². The molecule has 2 atom stereocenters. The van der Waals surface area contributed by atoms with Crippen molar-refractivity contribution in [1.29, 1.82) is 0 Å². The summed E-state index contributed by atoms with van der Waals surface area (Å²) in [6.45, 7) is 2.88. The summed E-state index contributed by atoms with van der Waals surface area (Å²) in [4.78, 5) is 0. The van der Waals surface area contributed by atoms with Gasteiger partial charge < -0.3 is 9.84 Å². The molecule has 0 heterocycles. The molecule has 0 fully saturated rings. The van der Waals surface area contributed by atoms with Crippen LogP contribution in [0.2, 0.25) is 0 Å². The van der Waals surface area contributed by atoms with Crippen LogP contribution in [0.4, 0.5) is 0 Å². The average Bonchev–Trinajstić information content (AvgIpc) is 2.56. The predicted octanol–water partition coefficient (Wildman–Crippen LogP) is 2.46. The maximum absolute atomic E-state index is 9.88. The maximum Gasteiger partial charge on any atom is 0.109 e. The molecule has 2 unspecified atom stereocenters. The second-order valence-corrected chi connectivity index (χ2v) is 4.12. The molecule has 1 aliphatic carbocycles. The fourth-order valence-corrected chi connectivity index (χ4v) is 2.09. The zero-order chi connectivity index (χ0) is 10.7. The SMILES string of the molecule is CCCCOC1c2ccccc2CC1O. The summed E-state index contributed by atoms with van der Waals surface area (Å²) in [5.74, 6) is 0. The van der Waals surface area contributed by atoms with Crippen molar-refractivity contribution in [2.75, 3.05) is 6.61 Å². The Hall–Kier alpha value is -0.860. The zero-order valence-electron chi connectivity index (χ0n) is 9.15. The molecule has 0 radical (unpaired) electrons. The third kappa shape index (κ3) is 2.21. The van der Waals surface area contributed by atoms with Gasteiger partial charge in [-0.2, -0.15) is 0 Å². The normalized spacial score (nSPS) is 24.1. The van der Waals surface area contributed by atoms with Gasteiger partial charge in [0.05, 0.1) is 6.10 Å². The van der Waals surface area contributed by atoms with Gasteiger partial charge in [0.25, 0.3) is 0 Å². The molecule has 0 saturated heterocycles. The molecule has 0 spiro atoms. The van der Waals surface area contributed by atoms with Gasteiger partial charge in [0, 0.05) is 13.0 Å². The van der Waals surface area contributed by atoms with Crippen LogP contribution in [0.15, 0.2) is 24.3 Å². The minimum atomic E-state index is -0.362. The lowest BCUT2D eigenvalue weighted by Crippen LogP contribution is -2.16. The van der Waals surface area contributed by atoms with Crippen LogP contribution >= 0.6 is 0 Å². The van der Waals surface area contributed by atoms with Gasteiger partial charge in [-0.05, 0) is 17.5 Å². The third-order valence-electron chi connectivity index (χ3n) is 2.94. The van der Waals surface area contributed by atoms with Crippen LogP contribution in [-0.4, -0.2) is 17.8 Å². The van der Waals surface area contributed by atoms with Gasteiger partial charge in [-0.25, -0.2) is 0 Å². The Morgan fingerprint density at radius 3 is 3.00 bits per heavy atom. The Bertz CT molecular complexity index is 322. The van der Waals surface area contributed by atoms with Gasteiger partial charge in [-0.3, -0.25) is 0 Å². The predicted molar refractivity (Wildman–Crippen MR) is 59.8 cm³/mol. The van der Waals surface area contributed by atoms with E-state index in [-0.39, 0.29) is 12.2 Å². The molecule has 1 aliphatic rings. The minimum Gasteiger partial charge on any atom is -0.390 e. The van der Waals surface area contributed by atoms with Crippen molar-refractivity contribution in [1.82, 2.24) is 0 Å². The molecule has 2 nitrogen and oxygen atoms in total. The van der Waals surface area contributed by atoms with Gasteiger partial charge in [0.2, 0.25) is 0 Å². The molecule has 1 aromatic rings. The highest BCUT2D eigenvalue weighted by Gasteiger charge is 2.31. The first kappa shape index (κ1) is 10.7. The number of fused-ring (bicyclic) bond motifs is 1. The van der Waals surface area contributed by atoms with Gasteiger partial charge in [0.15, 0.2) is 0 Å². The topological polar surface area (TPSA) is 29.5 Å². The van der Waals surface area contributed by atoms with E-state index in [0.717, 1.165) is 25.9 Å². The molecular weight excluding hydrogens is 188 g/mol. The maximum atomic E-state index is 9.88. The van der Waals surface area contributed by atoms with E-state index in [0.29, 0.717) is 0 Å². The standard InChI is InChI=1S/C13H18O2/c1-2-3-8-15-13-11-7-5-4-6-10(11)9-12(13)14/h4-7,12-14H,2-3,8-9H2,1H3. The first-order chi connectivity index (χ1) is 7.33. The highest BCUT2D eigenvalue weighted by atomic mass is 16.5. The number of rotatable bonds is 4. The van der Waals surface area contributed by atoms with Crippen LogP contribution in [-0.2, 0) is 11.2 Å². The second-order valence-electron chi connectivity index (χ2n) is 4.12. The van der Waals surface area contributed by atoms with Crippen LogP contribution in [0.5, 0.6) is 0 Å². The summed E-state index contributed by atoms with van der Waals surface area (Å²) >= 11 is 0. The molecule has 1 aromatic carbocycles. The van der Waals surface area contributed by atoms with E-state index in [1.807, 2.05) is 12.1 Å². The number of ether oxygens (including phenoxy) is 1. The zero-order valence-corrected chi connectivity index (χ0v) is 9.15. The van der Waals surface area contributed by atoms with E-state index in [4.69, 9.17) is 4.74 Å². The molecule has 0 aliphatic heterocycles. The summed E-state index contributed by atoms with van der Waals surface area (Å²) in [6.07, 6.45) is 2.45. The van der Waals surface area contributed by atoms with Gasteiger partial charge in [-0.15, -0.1) is 0 Å². The fraction of sp³-hybridized carbons (Fsp3) is 0.538. The van der Waals surface area contributed by atoms with Crippen molar-refractivity contribution < 1.29 is 9.84 Å². The number of aliphatic hydroxyl groups excluding tert-OH is 1.